The molecule has 0 bridgehead atoms. The van der Waals surface area contributed by atoms with Gasteiger partial charge >= 0.3 is 12.0 Å². The molecule has 1 fully saturated rings. The van der Waals surface area contributed by atoms with Gasteiger partial charge in [-0.1, -0.05) is 12.2 Å². The van der Waals surface area contributed by atoms with E-state index in [4.69, 9.17) is 4.74 Å². The van der Waals surface area contributed by atoms with Gasteiger partial charge in [0, 0.05) is 33.4 Å². The third kappa shape index (κ3) is 4.24. The molecule has 0 saturated carbocycles. The first-order valence-corrected chi connectivity index (χ1v) is 6.32. The van der Waals surface area contributed by atoms with Gasteiger partial charge in [0.05, 0.1) is 5.41 Å². The molecule has 108 valence electrons. The van der Waals surface area contributed by atoms with Crippen LogP contribution in [-0.4, -0.2) is 55.4 Å². The van der Waals surface area contributed by atoms with E-state index < -0.39 is 11.4 Å². The highest BCUT2D eigenvalue weighted by molar-refractivity contribution is 5.78. The van der Waals surface area contributed by atoms with Crippen LogP contribution in [0.3, 0.4) is 0 Å². The molecule has 2 N–H and O–H groups in total. The van der Waals surface area contributed by atoms with Crippen molar-refractivity contribution in [3.63, 3.8) is 0 Å². The van der Waals surface area contributed by atoms with Gasteiger partial charge in [0.15, 0.2) is 0 Å². The lowest BCUT2D eigenvalue weighted by atomic mass is 9.80. The Morgan fingerprint density at radius 2 is 2.00 bits per heavy atom. The first kappa shape index (κ1) is 15.5. The van der Waals surface area contributed by atoms with Gasteiger partial charge in [-0.2, -0.15) is 0 Å². The van der Waals surface area contributed by atoms with E-state index in [0.29, 0.717) is 32.6 Å². The number of ether oxygens (including phenoxy) is 1. The standard InChI is InChI=1S/C13H22N2O4/c1-10(2)8-15(3)12(18)14-9-13(11(16)17)4-6-19-7-5-13/h1,4-9H2,2-3H3,(H,14,18)(H,16,17). The monoisotopic (exact) mass is 270 g/mol. The normalized spacial score (nSPS) is 17.6. The number of nitrogens with one attached hydrogen (secondary N) is 1. The SMILES string of the molecule is C=C(C)CN(C)C(=O)NCC1(C(=O)O)CCOCC1. The van der Waals surface area contributed by atoms with Crippen LogP contribution in [0.25, 0.3) is 0 Å². The largest absolute Gasteiger partial charge is 0.481 e. The summed E-state index contributed by atoms with van der Waals surface area (Å²) >= 11 is 0. The fraction of sp³-hybridized carbons (Fsp3) is 0.692. The molecule has 0 atom stereocenters. The third-order valence-corrected chi connectivity index (χ3v) is 3.34. The van der Waals surface area contributed by atoms with Gasteiger partial charge in [0.25, 0.3) is 0 Å². The quantitative estimate of drug-likeness (QED) is 0.733. The van der Waals surface area contributed by atoms with Crippen molar-refractivity contribution in [2.75, 3.05) is 33.4 Å². The second-order valence-electron chi connectivity index (χ2n) is 5.17. The molecule has 0 aromatic rings. The number of urea groups is 1. The highest BCUT2D eigenvalue weighted by atomic mass is 16.5. The fourth-order valence-corrected chi connectivity index (χ4v) is 2.08. The van der Waals surface area contributed by atoms with E-state index in [1.165, 1.54) is 4.90 Å². The highest BCUT2D eigenvalue weighted by Gasteiger charge is 2.40. The van der Waals surface area contributed by atoms with Gasteiger partial charge in [-0.05, 0) is 19.8 Å². The molecule has 1 heterocycles. The lowest BCUT2D eigenvalue weighted by Gasteiger charge is -2.33. The van der Waals surface area contributed by atoms with E-state index in [0.717, 1.165) is 5.57 Å². The van der Waals surface area contributed by atoms with Crippen molar-refractivity contribution >= 4 is 12.0 Å². The van der Waals surface area contributed by atoms with Crippen LogP contribution in [0.5, 0.6) is 0 Å². The van der Waals surface area contributed by atoms with Crippen LogP contribution in [-0.2, 0) is 9.53 Å². The number of amides is 2. The van der Waals surface area contributed by atoms with Crippen LogP contribution in [0.2, 0.25) is 0 Å². The van der Waals surface area contributed by atoms with Crippen LogP contribution >= 0.6 is 0 Å². The number of likely N-dealkylation sites (N-methyl/N-ethyl adjacent to an activating group) is 1. The van der Waals surface area contributed by atoms with Crippen LogP contribution in [0, 0.1) is 5.41 Å². The van der Waals surface area contributed by atoms with E-state index in [1.54, 1.807) is 7.05 Å². The number of nitrogens with zero attached hydrogens (tertiary/aromatic N) is 1. The van der Waals surface area contributed by atoms with Gasteiger partial charge in [-0.15, -0.1) is 0 Å². The molecule has 2 amide bonds. The minimum absolute atomic E-state index is 0.130. The number of carbonyl (C=O) groups excluding carboxylic acids is 1. The number of hydrogen-bond acceptors (Lipinski definition) is 3. The van der Waals surface area contributed by atoms with Crippen molar-refractivity contribution in [3.05, 3.63) is 12.2 Å². The van der Waals surface area contributed by atoms with Crippen LogP contribution in [0.1, 0.15) is 19.8 Å². The molecule has 0 aliphatic carbocycles. The van der Waals surface area contributed by atoms with E-state index in [-0.39, 0.29) is 12.6 Å². The lowest BCUT2D eigenvalue weighted by molar-refractivity contribution is -0.154. The van der Waals surface area contributed by atoms with E-state index in [9.17, 15) is 14.7 Å². The first-order valence-electron chi connectivity index (χ1n) is 6.32. The second-order valence-corrected chi connectivity index (χ2v) is 5.17. The Bertz CT molecular complexity index is 362. The maximum absolute atomic E-state index is 11.8. The summed E-state index contributed by atoms with van der Waals surface area (Å²) < 4.78 is 5.18. The number of aliphatic carboxylic acids is 1. The number of rotatable bonds is 5. The van der Waals surface area contributed by atoms with Crippen LogP contribution < -0.4 is 5.32 Å². The third-order valence-electron chi connectivity index (χ3n) is 3.34. The summed E-state index contributed by atoms with van der Waals surface area (Å²) in [5.74, 6) is -0.876. The van der Waals surface area contributed by atoms with Crippen LogP contribution in [0.4, 0.5) is 4.79 Å². The Kier molecular flexibility index (Phi) is 5.35. The molecule has 6 heteroatoms. The number of carboxylic acid groups (broad SMARTS) is 1. The van der Waals surface area contributed by atoms with E-state index in [1.807, 2.05) is 6.92 Å². The summed E-state index contributed by atoms with van der Waals surface area (Å²) in [6.07, 6.45) is 0.847. The Balaban J connectivity index is 2.54. The van der Waals surface area contributed by atoms with Gasteiger partial charge in [-0.3, -0.25) is 4.79 Å². The minimum Gasteiger partial charge on any atom is -0.481 e. The summed E-state index contributed by atoms with van der Waals surface area (Å²) in [7, 11) is 1.65. The Labute approximate surface area is 113 Å². The smallest absolute Gasteiger partial charge is 0.317 e. The second kappa shape index (κ2) is 6.56. The molecular formula is C13H22N2O4. The molecular weight excluding hydrogens is 248 g/mol. The number of carboxylic acids is 1. The molecule has 6 nitrogen and oxygen atoms in total. The van der Waals surface area contributed by atoms with Crippen LogP contribution in [0.15, 0.2) is 12.2 Å². The average Bonchev–Trinajstić information content (AvgIpc) is 2.36. The molecule has 0 aromatic carbocycles. The molecule has 0 aromatic heterocycles. The zero-order valence-corrected chi connectivity index (χ0v) is 11.6. The predicted octanol–water partition coefficient (Wildman–Crippen LogP) is 1.09. The van der Waals surface area contributed by atoms with Crippen molar-refractivity contribution in [1.82, 2.24) is 10.2 Å². The predicted molar refractivity (Wildman–Crippen MR) is 71.0 cm³/mol. The molecule has 0 radical (unpaired) electrons. The van der Waals surface area contributed by atoms with Crippen molar-refractivity contribution in [2.24, 2.45) is 5.41 Å². The first-order chi connectivity index (χ1) is 8.87. The van der Waals surface area contributed by atoms with Gasteiger partial charge in [-0.25, -0.2) is 4.79 Å². The summed E-state index contributed by atoms with van der Waals surface area (Å²) in [6, 6.07) is -0.282. The maximum Gasteiger partial charge on any atom is 0.317 e. The van der Waals surface area contributed by atoms with Crippen molar-refractivity contribution < 1.29 is 19.4 Å². The number of hydrogen-bond donors (Lipinski definition) is 2. The average molecular weight is 270 g/mol. The fourth-order valence-electron chi connectivity index (χ4n) is 2.08. The zero-order valence-electron chi connectivity index (χ0n) is 11.6. The summed E-state index contributed by atoms with van der Waals surface area (Å²) in [5, 5.41) is 12.0. The van der Waals surface area contributed by atoms with Gasteiger partial charge in [0.1, 0.15) is 0 Å². The van der Waals surface area contributed by atoms with Gasteiger partial charge < -0.3 is 20.1 Å². The Hall–Kier alpha value is -1.56. The van der Waals surface area contributed by atoms with E-state index in [2.05, 4.69) is 11.9 Å². The molecule has 0 unspecified atom stereocenters. The topological polar surface area (TPSA) is 78.9 Å². The lowest BCUT2D eigenvalue weighted by Crippen LogP contribution is -2.49. The minimum atomic E-state index is -0.905. The molecule has 1 rings (SSSR count). The summed E-state index contributed by atoms with van der Waals surface area (Å²) in [6.45, 7) is 7.00. The highest BCUT2D eigenvalue weighted by Crippen LogP contribution is 2.30. The molecule has 1 aliphatic rings. The van der Waals surface area contributed by atoms with Gasteiger partial charge in [0.2, 0.25) is 0 Å². The Morgan fingerprint density at radius 3 is 2.47 bits per heavy atom. The summed E-state index contributed by atoms with van der Waals surface area (Å²) in [4.78, 5) is 24.7. The van der Waals surface area contributed by atoms with Crippen molar-refractivity contribution in [2.45, 2.75) is 19.8 Å². The van der Waals surface area contributed by atoms with Crippen molar-refractivity contribution in [1.29, 1.82) is 0 Å². The molecule has 0 spiro atoms. The van der Waals surface area contributed by atoms with Crippen molar-refractivity contribution in [3.8, 4) is 0 Å². The Morgan fingerprint density at radius 1 is 1.42 bits per heavy atom. The number of carbonyl (C=O) groups is 2. The maximum atomic E-state index is 11.8. The zero-order chi connectivity index (χ0) is 14.5. The van der Waals surface area contributed by atoms with E-state index >= 15 is 0 Å². The molecule has 1 saturated heterocycles. The molecule has 19 heavy (non-hydrogen) atoms. The summed E-state index contributed by atoms with van der Waals surface area (Å²) in [5.41, 5.74) is -0.0329. The molecule has 1 aliphatic heterocycles.